The number of aromatic nitrogens is 3. The maximum absolute atomic E-state index is 13.6. The molecular weight excluding hydrogens is 361 g/mol. The fourth-order valence-electron chi connectivity index (χ4n) is 6.45. The lowest BCUT2D eigenvalue weighted by Crippen LogP contribution is -2.49. The zero-order valence-corrected chi connectivity index (χ0v) is 15.9. The molecule has 140 valence electrons. The molecule has 0 radical (unpaired) electrons. The molecule has 0 N–H and O–H groups in total. The number of benzene rings is 1. The van der Waals surface area contributed by atoms with Crippen molar-refractivity contribution >= 4 is 17.7 Å². The number of fused-ring (bicyclic) bond motifs is 1. The van der Waals surface area contributed by atoms with Gasteiger partial charge in [-0.2, -0.15) is 4.68 Å². The Balaban J connectivity index is 1.35. The van der Waals surface area contributed by atoms with Crippen LogP contribution >= 0.6 is 11.8 Å². The number of rotatable bonds is 2. The molecule has 0 spiro atoms. The fourth-order valence-corrected chi connectivity index (χ4v) is 7.60. The van der Waals surface area contributed by atoms with Crippen molar-refractivity contribution in [3.05, 3.63) is 41.5 Å². The molecule has 27 heavy (non-hydrogen) atoms. The van der Waals surface area contributed by atoms with E-state index in [0.29, 0.717) is 11.6 Å². The molecule has 4 nitrogen and oxygen atoms in total. The second-order valence-corrected chi connectivity index (χ2v) is 10.3. The van der Waals surface area contributed by atoms with Gasteiger partial charge in [0.15, 0.2) is 11.0 Å². The van der Waals surface area contributed by atoms with E-state index in [2.05, 4.69) is 0 Å². The van der Waals surface area contributed by atoms with Crippen LogP contribution in [0.25, 0.3) is 0 Å². The predicted molar refractivity (Wildman–Crippen MR) is 100 cm³/mol. The van der Waals surface area contributed by atoms with Crippen molar-refractivity contribution in [2.24, 2.45) is 17.8 Å². The average molecular weight is 383 g/mol. The summed E-state index contributed by atoms with van der Waals surface area (Å²) in [6.07, 6.45) is 8.04. The van der Waals surface area contributed by atoms with Crippen molar-refractivity contribution in [1.29, 1.82) is 0 Å². The van der Waals surface area contributed by atoms with Gasteiger partial charge in [0.05, 0.1) is 0 Å². The van der Waals surface area contributed by atoms with Crippen LogP contribution in [0.15, 0.2) is 29.4 Å². The van der Waals surface area contributed by atoms with Crippen molar-refractivity contribution in [3.8, 4) is 0 Å². The highest BCUT2D eigenvalue weighted by atomic mass is 32.2. The minimum absolute atomic E-state index is 0.0264. The lowest BCUT2D eigenvalue weighted by molar-refractivity contribution is -0.00944. The Hall–Kier alpha value is -1.69. The molecule has 2 aromatic rings. The summed E-state index contributed by atoms with van der Waals surface area (Å²) < 4.78 is 15.1. The third-order valence-corrected chi connectivity index (χ3v) is 8.35. The Labute approximate surface area is 161 Å². The van der Waals surface area contributed by atoms with Gasteiger partial charge in [-0.3, -0.25) is 4.79 Å². The number of nitrogens with zero attached hydrogens (tertiary/aromatic N) is 3. The lowest BCUT2D eigenvalue weighted by atomic mass is 9.49. The topological polar surface area (TPSA) is 47.8 Å². The molecule has 1 aromatic heterocycles. The standard InChI is InChI=1S/C21H22FN3OS/c22-16-3-1-2-15(7-16)17-8-18(26)25-20(27-17)23-19(24-25)21-9-12-4-13(10-21)6-14(5-12)11-21/h1-3,7,12-14,17H,4-6,8-11H2/t12?,13?,14?,17-,21?/m0/s1. The van der Waals surface area contributed by atoms with Gasteiger partial charge in [0.1, 0.15) is 5.82 Å². The Morgan fingerprint density at radius 1 is 1.11 bits per heavy atom. The second kappa shape index (κ2) is 5.66. The van der Waals surface area contributed by atoms with Crippen LogP contribution in [0.2, 0.25) is 0 Å². The summed E-state index contributed by atoms with van der Waals surface area (Å²) in [6, 6.07) is 6.55. The largest absolute Gasteiger partial charge is 0.272 e. The minimum Gasteiger partial charge on any atom is -0.272 e. The van der Waals surface area contributed by atoms with Crippen LogP contribution in [-0.2, 0) is 5.41 Å². The van der Waals surface area contributed by atoms with Crippen LogP contribution < -0.4 is 0 Å². The summed E-state index contributed by atoms with van der Waals surface area (Å²) in [5, 5.41) is 5.33. The highest BCUT2D eigenvalue weighted by Gasteiger charge is 2.54. The van der Waals surface area contributed by atoms with Crippen molar-refractivity contribution in [2.75, 3.05) is 0 Å². The van der Waals surface area contributed by atoms with E-state index in [1.54, 1.807) is 17.8 Å². The summed E-state index contributed by atoms with van der Waals surface area (Å²) in [5.41, 5.74) is 0.938. The van der Waals surface area contributed by atoms with Gasteiger partial charge < -0.3 is 0 Å². The zero-order chi connectivity index (χ0) is 18.2. The van der Waals surface area contributed by atoms with Gasteiger partial charge in [-0.1, -0.05) is 23.9 Å². The Morgan fingerprint density at radius 3 is 2.48 bits per heavy atom. The molecule has 0 amide bonds. The van der Waals surface area contributed by atoms with Gasteiger partial charge in [0, 0.05) is 17.1 Å². The van der Waals surface area contributed by atoms with Crippen LogP contribution in [-0.4, -0.2) is 20.7 Å². The summed E-state index contributed by atoms with van der Waals surface area (Å²) in [5.74, 6) is 3.07. The van der Waals surface area contributed by atoms with E-state index in [9.17, 15) is 9.18 Å². The van der Waals surface area contributed by atoms with Crippen LogP contribution in [0, 0.1) is 23.6 Å². The second-order valence-electron chi connectivity index (χ2n) is 9.09. The fraction of sp³-hybridized carbons (Fsp3) is 0.571. The number of halogens is 1. The Kier molecular flexibility index (Phi) is 3.41. The molecule has 4 bridgehead atoms. The van der Waals surface area contributed by atoms with E-state index in [1.807, 2.05) is 6.07 Å². The van der Waals surface area contributed by atoms with E-state index < -0.39 is 0 Å². The van der Waals surface area contributed by atoms with Gasteiger partial charge in [-0.15, -0.1) is 5.10 Å². The van der Waals surface area contributed by atoms with E-state index >= 15 is 0 Å². The molecule has 0 unspecified atom stereocenters. The minimum atomic E-state index is -0.262. The molecular formula is C21H22FN3OS. The van der Waals surface area contributed by atoms with Crippen LogP contribution in [0.1, 0.15) is 66.4 Å². The van der Waals surface area contributed by atoms with Crippen LogP contribution in [0.5, 0.6) is 0 Å². The van der Waals surface area contributed by atoms with Gasteiger partial charge >= 0.3 is 0 Å². The highest BCUT2D eigenvalue weighted by Crippen LogP contribution is 2.60. The molecule has 1 aliphatic heterocycles. The maximum Gasteiger partial charge on any atom is 0.250 e. The van der Waals surface area contributed by atoms with Crippen molar-refractivity contribution in [3.63, 3.8) is 0 Å². The molecule has 4 saturated carbocycles. The van der Waals surface area contributed by atoms with Gasteiger partial charge in [-0.25, -0.2) is 9.37 Å². The molecule has 0 saturated heterocycles. The van der Waals surface area contributed by atoms with Crippen molar-refractivity contribution in [1.82, 2.24) is 14.8 Å². The summed E-state index contributed by atoms with van der Waals surface area (Å²) >= 11 is 1.55. The number of carbonyl (C=O) groups excluding carboxylic acids is 1. The van der Waals surface area contributed by atoms with Gasteiger partial charge in [0.25, 0.3) is 5.91 Å². The molecule has 4 aliphatic carbocycles. The van der Waals surface area contributed by atoms with Gasteiger partial charge in [-0.05, 0) is 74.0 Å². The molecule has 6 heteroatoms. The summed E-state index contributed by atoms with van der Waals surface area (Å²) in [4.78, 5) is 17.6. The molecule has 4 fully saturated rings. The lowest BCUT2D eigenvalue weighted by Gasteiger charge is -2.55. The zero-order valence-electron chi connectivity index (χ0n) is 15.1. The Bertz CT molecular complexity index is 904. The number of hydrogen-bond donors (Lipinski definition) is 0. The highest BCUT2D eigenvalue weighted by molar-refractivity contribution is 7.99. The first-order valence-corrected chi connectivity index (χ1v) is 10.9. The quantitative estimate of drug-likeness (QED) is 0.750. The van der Waals surface area contributed by atoms with E-state index in [4.69, 9.17) is 10.1 Å². The average Bonchev–Trinajstić information content (AvgIpc) is 3.06. The Morgan fingerprint density at radius 2 is 1.81 bits per heavy atom. The first-order valence-electron chi connectivity index (χ1n) is 10.0. The normalized spacial score (nSPS) is 36.9. The number of carbonyl (C=O) groups is 1. The maximum atomic E-state index is 13.6. The van der Waals surface area contributed by atoms with E-state index in [1.165, 1.54) is 55.3 Å². The molecule has 1 atom stereocenters. The van der Waals surface area contributed by atoms with Crippen LogP contribution in [0.3, 0.4) is 0 Å². The third kappa shape index (κ3) is 2.52. The number of thioether (sulfide) groups is 1. The van der Waals surface area contributed by atoms with Crippen LogP contribution in [0.4, 0.5) is 4.39 Å². The number of hydrogen-bond acceptors (Lipinski definition) is 4. The summed E-state index contributed by atoms with van der Waals surface area (Å²) in [6.45, 7) is 0. The SMILES string of the molecule is O=C1C[C@@H](c2cccc(F)c2)Sc2nc(C34CC5CC(CC(C5)C3)C4)nn21. The van der Waals surface area contributed by atoms with Crippen molar-refractivity contribution < 1.29 is 9.18 Å². The van der Waals surface area contributed by atoms with Gasteiger partial charge in [0.2, 0.25) is 0 Å². The molecule has 7 rings (SSSR count). The van der Waals surface area contributed by atoms with Crippen molar-refractivity contribution in [2.45, 2.75) is 60.8 Å². The first kappa shape index (κ1) is 16.3. The molecule has 5 aliphatic rings. The van der Waals surface area contributed by atoms with E-state index in [0.717, 1.165) is 29.1 Å². The third-order valence-electron chi connectivity index (χ3n) is 7.15. The molecule has 2 heterocycles. The smallest absolute Gasteiger partial charge is 0.250 e. The monoisotopic (exact) mass is 383 g/mol. The first-order chi connectivity index (χ1) is 13.1. The summed E-state index contributed by atoms with van der Waals surface area (Å²) in [7, 11) is 0. The predicted octanol–water partition coefficient (Wildman–Crippen LogP) is 4.76. The van der Waals surface area contributed by atoms with E-state index in [-0.39, 0.29) is 22.4 Å². The molecule has 1 aromatic carbocycles.